The molecular formula is C16H25BrIN3O2. The molecule has 7 heteroatoms. The van der Waals surface area contributed by atoms with Crippen LogP contribution in [0.25, 0.3) is 0 Å². The third-order valence-corrected chi connectivity index (χ3v) is 4.67. The minimum absolute atomic E-state index is 0. The molecule has 0 unspecified atom stereocenters. The molecule has 1 aliphatic carbocycles. The van der Waals surface area contributed by atoms with Crippen molar-refractivity contribution in [1.82, 2.24) is 5.32 Å². The number of ether oxygens (including phenoxy) is 2. The van der Waals surface area contributed by atoms with Crippen molar-refractivity contribution in [2.24, 2.45) is 10.7 Å². The Labute approximate surface area is 163 Å². The van der Waals surface area contributed by atoms with Gasteiger partial charge in [-0.3, -0.25) is 0 Å². The number of nitrogens with two attached hydrogens (primary N) is 1. The smallest absolute Gasteiger partial charge is 0.189 e. The lowest BCUT2D eigenvalue weighted by atomic mass is 9.96. The lowest BCUT2D eigenvalue weighted by molar-refractivity contribution is 0.354. The van der Waals surface area contributed by atoms with Gasteiger partial charge in [-0.1, -0.05) is 35.2 Å². The Morgan fingerprint density at radius 2 is 1.83 bits per heavy atom. The van der Waals surface area contributed by atoms with Crippen molar-refractivity contribution in [3.63, 3.8) is 0 Å². The first kappa shape index (κ1) is 20.3. The molecular weight excluding hydrogens is 473 g/mol. The number of nitrogens with one attached hydrogen (secondary N) is 1. The van der Waals surface area contributed by atoms with Crippen LogP contribution in [0.15, 0.2) is 21.6 Å². The number of benzene rings is 1. The number of guanidine groups is 1. The standard InChI is InChI=1S/C16H24BrN3O2.HI/c1-21-14-8-11(13(17)9-15(14)22-2)10-19-16(18)20-12-6-4-3-5-7-12;/h8-9,12H,3-7,10H2,1-2H3,(H3,18,19,20);1H. The summed E-state index contributed by atoms with van der Waals surface area (Å²) in [5, 5.41) is 3.32. The normalized spacial score (nSPS) is 15.7. The van der Waals surface area contributed by atoms with Crippen LogP contribution in [-0.2, 0) is 6.54 Å². The molecule has 0 atom stereocenters. The van der Waals surface area contributed by atoms with Gasteiger partial charge in [-0.15, -0.1) is 24.0 Å². The van der Waals surface area contributed by atoms with Crippen LogP contribution < -0.4 is 20.5 Å². The van der Waals surface area contributed by atoms with Gasteiger partial charge in [0.1, 0.15) is 0 Å². The van der Waals surface area contributed by atoms with E-state index in [9.17, 15) is 0 Å². The van der Waals surface area contributed by atoms with Gasteiger partial charge in [0, 0.05) is 10.5 Å². The highest BCUT2D eigenvalue weighted by Crippen LogP contribution is 2.33. The van der Waals surface area contributed by atoms with Gasteiger partial charge in [-0.2, -0.15) is 0 Å². The highest BCUT2D eigenvalue weighted by Gasteiger charge is 2.14. The maximum absolute atomic E-state index is 6.00. The van der Waals surface area contributed by atoms with Crippen molar-refractivity contribution >= 4 is 45.9 Å². The second-order valence-corrected chi connectivity index (χ2v) is 6.33. The fraction of sp³-hybridized carbons (Fsp3) is 0.562. The maximum atomic E-state index is 6.00. The first-order chi connectivity index (χ1) is 10.6. The number of nitrogens with zero attached hydrogens (tertiary/aromatic N) is 1. The third-order valence-electron chi connectivity index (χ3n) is 3.93. The van der Waals surface area contributed by atoms with E-state index in [1.165, 1.54) is 32.1 Å². The van der Waals surface area contributed by atoms with Crippen LogP contribution in [0, 0.1) is 0 Å². The van der Waals surface area contributed by atoms with Gasteiger partial charge in [-0.05, 0) is 30.5 Å². The molecule has 0 saturated heterocycles. The molecule has 0 radical (unpaired) electrons. The summed E-state index contributed by atoms with van der Waals surface area (Å²) in [4.78, 5) is 4.44. The minimum atomic E-state index is 0. The number of methoxy groups -OCH3 is 2. The topological polar surface area (TPSA) is 68.9 Å². The molecule has 3 N–H and O–H groups in total. The van der Waals surface area contributed by atoms with Gasteiger partial charge in [0.25, 0.3) is 0 Å². The average molecular weight is 498 g/mol. The minimum Gasteiger partial charge on any atom is -0.493 e. The van der Waals surface area contributed by atoms with E-state index < -0.39 is 0 Å². The van der Waals surface area contributed by atoms with Gasteiger partial charge in [0.2, 0.25) is 0 Å². The summed E-state index contributed by atoms with van der Waals surface area (Å²) in [6.45, 7) is 0.493. The summed E-state index contributed by atoms with van der Waals surface area (Å²) in [7, 11) is 3.24. The van der Waals surface area contributed by atoms with E-state index in [2.05, 4.69) is 26.2 Å². The molecule has 0 aliphatic heterocycles. The third kappa shape index (κ3) is 6.02. The van der Waals surface area contributed by atoms with Crippen LogP contribution in [0.5, 0.6) is 11.5 Å². The van der Waals surface area contributed by atoms with Crippen LogP contribution in [0.3, 0.4) is 0 Å². The van der Waals surface area contributed by atoms with Crippen molar-refractivity contribution in [3.05, 3.63) is 22.2 Å². The Bertz CT molecular complexity index is 534. The summed E-state index contributed by atoms with van der Waals surface area (Å²) in [6.07, 6.45) is 6.22. The lowest BCUT2D eigenvalue weighted by Crippen LogP contribution is -2.41. The monoisotopic (exact) mass is 497 g/mol. The molecule has 0 heterocycles. The Morgan fingerprint density at radius 3 is 2.43 bits per heavy atom. The first-order valence-corrected chi connectivity index (χ1v) is 8.40. The Hall–Kier alpha value is -0.700. The zero-order valence-corrected chi connectivity index (χ0v) is 17.5. The van der Waals surface area contributed by atoms with Crippen LogP contribution in [0.2, 0.25) is 0 Å². The largest absolute Gasteiger partial charge is 0.493 e. The van der Waals surface area contributed by atoms with Crippen molar-refractivity contribution in [3.8, 4) is 11.5 Å². The van der Waals surface area contributed by atoms with E-state index in [0.717, 1.165) is 10.0 Å². The summed E-state index contributed by atoms with van der Waals surface area (Å²) in [5.74, 6) is 1.89. The number of halogens is 2. The van der Waals surface area contributed by atoms with E-state index in [4.69, 9.17) is 15.2 Å². The highest BCUT2D eigenvalue weighted by molar-refractivity contribution is 14.0. The Morgan fingerprint density at radius 1 is 1.22 bits per heavy atom. The molecule has 2 rings (SSSR count). The number of hydrogen-bond acceptors (Lipinski definition) is 3. The predicted molar refractivity (Wildman–Crippen MR) is 108 cm³/mol. The zero-order valence-electron chi connectivity index (χ0n) is 13.6. The fourth-order valence-corrected chi connectivity index (χ4v) is 3.14. The second kappa shape index (κ2) is 10.2. The van der Waals surface area contributed by atoms with Crippen molar-refractivity contribution < 1.29 is 9.47 Å². The van der Waals surface area contributed by atoms with Gasteiger partial charge >= 0.3 is 0 Å². The molecule has 130 valence electrons. The Kier molecular flexibility index (Phi) is 9.04. The summed E-state index contributed by atoms with van der Waals surface area (Å²) in [5.41, 5.74) is 7.00. The van der Waals surface area contributed by atoms with Gasteiger partial charge in [-0.25, -0.2) is 4.99 Å². The molecule has 0 aromatic heterocycles. The molecule has 5 nitrogen and oxygen atoms in total. The van der Waals surface area contributed by atoms with Crippen LogP contribution in [0.1, 0.15) is 37.7 Å². The molecule has 0 spiro atoms. The van der Waals surface area contributed by atoms with Gasteiger partial charge in [0.05, 0.1) is 20.8 Å². The number of hydrogen-bond donors (Lipinski definition) is 2. The van der Waals surface area contributed by atoms with E-state index in [1.54, 1.807) is 14.2 Å². The van der Waals surface area contributed by atoms with E-state index in [1.807, 2.05) is 12.1 Å². The van der Waals surface area contributed by atoms with Crippen molar-refractivity contribution in [2.45, 2.75) is 44.7 Å². The van der Waals surface area contributed by atoms with E-state index >= 15 is 0 Å². The second-order valence-electron chi connectivity index (χ2n) is 5.48. The van der Waals surface area contributed by atoms with Crippen molar-refractivity contribution in [2.75, 3.05) is 14.2 Å². The predicted octanol–water partition coefficient (Wildman–Crippen LogP) is 3.82. The maximum Gasteiger partial charge on any atom is 0.189 e. The molecule has 23 heavy (non-hydrogen) atoms. The summed E-state index contributed by atoms with van der Waals surface area (Å²) >= 11 is 3.53. The van der Waals surface area contributed by atoms with Crippen LogP contribution in [-0.4, -0.2) is 26.2 Å². The SMILES string of the molecule is COc1cc(Br)c(CN=C(N)NC2CCCCC2)cc1OC.I. The zero-order chi connectivity index (χ0) is 15.9. The molecule has 1 aliphatic rings. The van der Waals surface area contributed by atoms with Crippen LogP contribution >= 0.6 is 39.9 Å². The molecule has 0 bridgehead atoms. The molecule has 1 saturated carbocycles. The first-order valence-electron chi connectivity index (χ1n) is 7.61. The summed E-state index contributed by atoms with van der Waals surface area (Å²) in [6, 6.07) is 4.26. The van der Waals surface area contributed by atoms with Crippen molar-refractivity contribution in [1.29, 1.82) is 0 Å². The molecule has 1 aromatic carbocycles. The number of rotatable bonds is 5. The lowest BCUT2D eigenvalue weighted by Gasteiger charge is -2.23. The van der Waals surface area contributed by atoms with Gasteiger partial charge < -0.3 is 20.5 Å². The molecule has 1 aromatic rings. The highest BCUT2D eigenvalue weighted by atomic mass is 127. The van der Waals surface area contributed by atoms with Crippen LogP contribution in [0.4, 0.5) is 0 Å². The van der Waals surface area contributed by atoms with E-state index in [0.29, 0.717) is 30.0 Å². The summed E-state index contributed by atoms with van der Waals surface area (Å²) < 4.78 is 11.5. The molecule has 1 fully saturated rings. The fourth-order valence-electron chi connectivity index (χ4n) is 2.69. The van der Waals surface area contributed by atoms with E-state index in [-0.39, 0.29) is 24.0 Å². The van der Waals surface area contributed by atoms with Gasteiger partial charge in [0.15, 0.2) is 17.5 Å². The molecule has 0 amide bonds. The number of aliphatic imine (C=N–C) groups is 1. The average Bonchev–Trinajstić information content (AvgIpc) is 2.54. The Balaban J connectivity index is 0.00000264. The quantitative estimate of drug-likeness (QED) is 0.368.